The Balaban J connectivity index is 2.09. The third kappa shape index (κ3) is 2.77. The molecule has 0 aromatic heterocycles. The molecule has 0 aromatic carbocycles. The molecule has 1 rings (SSSR count). The van der Waals surface area contributed by atoms with Gasteiger partial charge in [-0.05, 0) is 6.42 Å². The minimum absolute atomic E-state index is 0.451. The Hall–Kier alpha value is -0.120. The van der Waals surface area contributed by atoms with Gasteiger partial charge in [0.25, 0.3) is 0 Å². The van der Waals surface area contributed by atoms with Crippen LogP contribution < -0.4 is 0 Å². The Morgan fingerprint density at radius 2 is 2.27 bits per heavy atom. The molecular weight excluding hydrogens is 142 g/mol. The van der Waals surface area contributed by atoms with Crippen molar-refractivity contribution in [3.63, 3.8) is 0 Å². The lowest BCUT2D eigenvalue weighted by molar-refractivity contribution is 0.101. The number of likely N-dealkylation sites (tertiary alicyclic amines) is 1. The highest BCUT2D eigenvalue weighted by Gasteiger charge is 2.20. The lowest BCUT2D eigenvalue weighted by atomic mass is 10.3. The molecule has 1 fully saturated rings. The third-order valence-electron chi connectivity index (χ3n) is 2.17. The molecule has 66 valence electrons. The molecule has 0 aromatic rings. The minimum Gasteiger partial charge on any atom is -0.383 e. The average molecular weight is 159 g/mol. The average Bonchev–Trinajstić information content (AvgIpc) is 2.48. The minimum atomic E-state index is 0.451. The smallest absolute Gasteiger partial charge is 0.0710 e. The summed E-state index contributed by atoms with van der Waals surface area (Å²) >= 11 is 0. The molecule has 3 nitrogen and oxygen atoms in total. The van der Waals surface area contributed by atoms with Crippen molar-refractivity contribution in [3.8, 4) is 0 Å². The zero-order valence-electron chi connectivity index (χ0n) is 7.38. The molecule has 1 heterocycles. The van der Waals surface area contributed by atoms with E-state index >= 15 is 0 Å². The van der Waals surface area contributed by atoms with Crippen molar-refractivity contribution < 1.29 is 9.47 Å². The van der Waals surface area contributed by atoms with Crippen molar-refractivity contribution in [1.29, 1.82) is 0 Å². The van der Waals surface area contributed by atoms with Crippen LogP contribution in [0.2, 0.25) is 0 Å². The van der Waals surface area contributed by atoms with E-state index in [1.165, 1.54) is 6.42 Å². The third-order valence-corrected chi connectivity index (χ3v) is 2.17. The maximum atomic E-state index is 5.24. The van der Waals surface area contributed by atoms with E-state index in [2.05, 4.69) is 4.90 Å². The van der Waals surface area contributed by atoms with Crippen molar-refractivity contribution in [1.82, 2.24) is 4.90 Å². The predicted molar refractivity (Wildman–Crippen MR) is 43.7 cm³/mol. The molecule has 11 heavy (non-hydrogen) atoms. The quantitative estimate of drug-likeness (QED) is 0.591. The Bertz CT molecular complexity index is 108. The van der Waals surface area contributed by atoms with Gasteiger partial charge >= 0.3 is 0 Å². The van der Waals surface area contributed by atoms with Gasteiger partial charge in [0.2, 0.25) is 0 Å². The van der Waals surface area contributed by atoms with Gasteiger partial charge in [-0.25, -0.2) is 0 Å². The monoisotopic (exact) mass is 159 g/mol. The lowest BCUT2D eigenvalue weighted by Gasteiger charge is -2.14. The summed E-state index contributed by atoms with van der Waals surface area (Å²) in [5, 5.41) is 0. The number of ether oxygens (including phenoxy) is 2. The molecule has 1 saturated heterocycles. The maximum Gasteiger partial charge on any atom is 0.0710 e. The van der Waals surface area contributed by atoms with E-state index < -0.39 is 0 Å². The topological polar surface area (TPSA) is 21.7 Å². The molecule has 0 spiro atoms. The van der Waals surface area contributed by atoms with Crippen LogP contribution in [0.5, 0.6) is 0 Å². The lowest BCUT2D eigenvalue weighted by Crippen LogP contribution is -2.26. The summed E-state index contributed by atoms with van der Waals surface area (Å²) in [5.74, 6) is 0. The normalized spacial score (nSPS) is 26.2. The van der Waals surface area contributed by atoms with Gasteiger partial charge in [0.1, 0.15) is 0 Å². The fraction of sp³-hybridized carbons (Fsp3) is 1.00. The van der Waals surface area contributed by atoms with E-state index in [1.807, 2.05) is 0 Å². The second-order valence-corrected chi connectivity index (χ2v) is 2.94. The van der Waals surface area contributed by atoms with Crippen molar-refractivity contribution in [2.24, 2.45) is 0 Å². The number of rotatable bonds is 4. The van der Waals surface area contributed by atoms with Gasteiger partial charge in [0.05, 0.1) is 12.7 Å². The molecule has 0 aliphatic carbocycles. The molecule has 0 amide bonds. The van der Waals surface area contributed by atoms with Gasteiger partial charge in [-0.2, -0.15) is 0 Å². The first-order valence-electron chi connectivity index (χ1n) is 4.11. The van der Waals surface area contributed by atoms with Crippen LogP contribution in [0, 0.1) is 0 Å². The second kappa shape index (κ2) is 4.70. The summed E-state index contributed by atoms with van der Waals surface area (Å²) in [4.78, 5) is 2.37. The fourth-order valence-corrected chi connectivity index (χ4v) is 1.41. The van der Waals surface area contributed by atoms with Crippen molar-refractivity contribution in [3.05, 3.63) is 0 Å². The fourth-order valence-electron chi connectivity index (χ4n) is 1.41. The van der Waals surface area contributed by atoms with E-state index in [-0.39, 0.29) is 0 Å². The predicted octanol–water partition coefficient (Wildman–Crippen LogP) is 0.353. The van der Waals surface area contributed by atoms with Gasteiger partial charge in [-0.3, -0.25) is 4.90 Å². The van der Waals surface area contributed by atoms with E-state index in [9.17, 15) is 0 Å². The number of methoxy groups -OCH3 is 2. The zero-order valence-corrected chi connectivity index (χ0v) is 7.38. The Morgan fingerprint density at radius 3 is 2.82 bits per heavy atom. The zero-order chi connectivity index (χ0) is 8.10. The summed E-state index contributed by atoms with van der Waals surface area (Å²) in [5.41, 5.74) is 0. The molecule has 1 atom stereocenters. The van der Waals surface area contributed by atoms with Gasteiger partial charge < -0.3 is 9.47 Å². The molecular formula is C8H17NO2. The molecule has 0 unspecified atom stereocenters. The molecule has 0 saturated carbocycles. The van der Waals surface area contributed by atoms with E-state index in [4.69, 9.17) is 9.47 Å². The summed E-state index contributed by atoms with van der Waals surface area (Å²) in [6, 6.07) is 0. The van der Waals surface area contributed by atoms with E-state index in [0.717, 1.165) is 26.2 Å². The van der Waals surface area contributed by atoms with Crippen LogP contribution in [0.25, 0.3) is 0 Å². The SMILES string of the molecule is COCCN1CC[C@@H](OC)C1. The van der Waals surface area contributed by atoms with Crippen LogP contribution in [0.3, 0.4) is 0 Å². The number of nitrogens with zero attached hydrogens (tertiary/aromatic N) is 1. The molecule has 0 bridgehead atoms. The van der Waals surface area contributed by atoms with Crippen molar-refractivity contribution in [2.45, 2.75) is 12.5 Å². The van der Waals surface area contributed by atoms with E-state index in [1.54, 1.807) is 14.2 Å². The number of hydrogen-bond donors (Lipinski definition) is 0. The molecule has 1 aliphatic heterocycles. The Labute approximate surface area is 68.3 Å². The first-order valence-corrected chi connectivity index (χ1v) is 4.11. The summed E-state index contributed by atoms with van der Waals surface area (Å²) in [7, 11) is 3.52. The van der Waals surface area contributed by atoms with Crippen LogP contribution >= 0.6 is 0 Å². The first kappa shape index (κ1) is 8.97. The Morgan fingerprint density at radius 1 is 1.45 bits per heavy atom. The van der Waals surface area contributed by atoms with Crippen molar-refractivity contribution in [2.75, 3.05) is 40.5 Å². The highest BCUT2D eigenvalue weighted by Crippen LogP contribution is 2.10. The van der Waals surface area contributed by atoms with Gasteiger partial charge in [0, 0.05) is 33.9 Å². The van der Waals surface area contributed by atoms with Crippen LogP contribution in [-0.2, 0) is 9.47 Å². The van der Waals surface area contributed by atoms with Crippen molar-refractivity contribution >= 4 is 0 Å². The van der Waals surface area contributed by atoms with Gasteiger partial charge in [0.15, 0.2) is 0 Å². The first-order chi connectivity index (χ1) is 5.36. The molecule has 3 heteroatoms. The second-order valence-electron chi connectivity index (χ2n) is 2.94. The summed E-state index contributed by atoms with van der Waals surface area (Å²) in [6.45, 7) is 4.09. The molecule has 0 radical (unpaired) electrons. The highest BCUT2D eigenvalue weighted by atomic mass is 16.5. The molecule has 1 aliphatic rings. The van der Waals surface area contributed by atoms with Crippen LogP contribution in [0.15, 0.2) is 0 Å². The largest absolute Gasteiger partial charge is 0.383 e. The van der Waals surface area contributed by atoms with Crippen LogP contribution in [0.1, 0.15) is 6.42 Å². The highest BCUT2D eigenvalue weighted by molar-refractivity contribution is 4.74. The molecule has 0 N–H and O–H groups in total. The van der Waals surface area contributed by atoms with Gasteiger partial charge in [-0.15, -0.1) is 0 Å². The van der Waals surface area contributed by atoms with E-state index in [0.29, 0.717) is 6.10 Å². The standard InChI is InChI=1S/C8H17NO2/c1-10-6-5-9-4-3-8(7-9)11-2/h8H,3-7H2,1-2H3/t8-/m1/s1. The van der Waals surface area contributed by atoms with Gasteiger partial charge in [-0.1, -0.05) is 0 Å². The van der Waals surface area contributed by atoms with Crippen LogP contribution in [-0.4, -0.2) is 51.5 Å². The summed E-state index contributed by atoms with van der Waals surface area (Å²) < 4.78 is 10.2. The number of hydrogen-bond acceptors (Lipinski definition) is 3. The Kier molecular flexibility index (Phi) is 3.83. The maximum absolute atomic E-state index is 5.24. The van der Waals surface area contributed by atoms with Crippen LogP contribution in [0.4, 0.5) is 0 Å². The summed E-state index contributed by atoms with van der Waals surface area (Å²) in [6.07, 6.45) is 1.62.